The van der Waals surface area contributed by atoms with E-state index in [2.05, 4.69) is 215 Å². The smallest absolute Gasteiger partial charge is 0.235 e. The van der Waals surface area contributed by atoms with Crippen molar-refractivity contribution in [2.75, 3.05) is 0 Å². The van der Waals surface area contributed by atoms with Gasteiger partial charge in [-0.25, -0.2) is 9.97 Å². The Kier molecular flexibility index (Phi) is 6.98. The van der Waals surface area contributed by atoms with Crippen molar-refractivity contribution in [3.63, 3.8) is 0 Å². The van der Waals surface area contributed by atoms with E-state index in [1.165, 1.54) is 65.1 Å². The number of para-hydroxylation sites is 2. The lowest BCUT2D eigenvalue weighted by atomic mass is 10.00. The Morgan fingerprint density at radius 2 is 0.850 bits per heavy atom. The van der Waals surface area contributed by atoms with Gasteiger partial charge < -0.3 is 4.57 Å². The molecule has 0 saturated carbocycles. The fraction of sp³-hybridized carbons (Fsp3) is 0. The van der Waals surface area contributed by atoms with Crippen LogP contribution >= 0.6 is 0 Å². The van der Waals surface area contributed by atoms with Crippen molar-refractivity contribution in [1.82, 2.24) is 19.1 Å². The average molecular weight is 763 g/mol. The summed E-state index contributed by atoms with van der Waals surface area (Å²) in [6.07, 6.45) is 0. The first-order chi connectivity index (χ1) is 29.7. The summed E-state index contributed by atoms with van der Waals surface area (Å²) in [4.78, 5) is 10.8. The summed E-state index contributed by atoms with van der Waals surface area (Å²) in [5, 5.41) is 13.0. The van der Waals surface area contributed by atoms with Gasteiger partial charge in [0.1, 0.15) is 0 Å². The van der Waals surface area contributed by atoms with E-state index in [4.69, 9.17) is 9.97 Å². The molecule has 0 saturated heterocycles. The van der Waals surface area contributed by atoms with E-state index in [1.54, 1.807) is 0 Å². The molecule has 13 aromatic rings. The Morgan fingerprint density at radius 1 is 0.300 bits per heavy atom. The molecule has 13 rings (SSSR count). The van der Waals surface area contributed by atoms with Gasteiger partial charge in [-0.15, -0.1) is 0 Å². The van der Waals surface area contributed by atoms with Crippen LogP contribution in [0.4, 0.5) is 0 Å². The minimum atomic E-state index is 0.656. The second kappa shape index (κ2) is 12.7. The molecule has 0 aliphatic carbocycles. The van der Waals surface area contributed by atoms with E-state index in [1.807, 2.05) is 0 Å². The van der Waals surface area contributed by atoms with Gasteiger partial charge in [0.25, 0.3) is 0 Å². The van der Waals surface area contributed by atoms with E-state index in [0.717, 1.165) is 49.8 Å². The molecule has 60 heavy (non-hydrogen) atoms. The average Bonchev–Trinajstić information content (AvgIpc) is 3.83. The molecule has 0 radical (unpaired) electrons. The van der Waals surface area contributed by atoms with Crippen molar-refractivity contribution in [3.05, 3.63) is 206 Å². The highest BCUT2D eigenvalue weighted by atomic mass is 15.2. The van der Waals surface area contributed by atoms with E-state index in [9.17, 15) is 0 Å². The molecule has 0 unspecified atom stereocenters. The van der Waals surface area contributed by atoms with Crippen LogP contribution in [-0.4, -0.2) is 19.1 Å². The summed E-state index contributed by atoms with van der Waals surface area (Å²) >= 11 is 0. The standard InChI is InChI=1S/C56H34N4/c1-3-14-38-31-42(22-21-35(38)11-1)54-47-18-7-9-19-50(47)57-56(58-54)60-53-30-26-41(34-49(53)46-28-24-37-13-5-6-16-44(37)55(46)60)40-25-29-52-48(33-40)45-17-8-10-20-51(45)59(52)43-27-23-36-12-2-4-15-39(36)32-43/h1-34H. The molecule has 3 heterocycles. The lowest BCUT2D eigenvalue weighted by Gasteiger charge is -2.13. The molecule has 4 heteroatoms. The molecule has 0 aliphatic rings. The molecule has 0 bridgehead atoms. The first kappa shape index (κ1) is 32.9. The van der Waals surface area contributed by atoms with E-state index in [-0.39, 0.29) is 0 Å². The van der Waals surface area contributed by atoms with Gasteiger partial charge in [0.2, 0.25) is 5.95 Å². The van der Waals surface area contributed by atoms with Gasteiger partial charge in [-0.05, 0) is 92.7 Å². The Labute approximate surface area is 344 Å². The highest BCUT2D eigenvalue weighted by Gasteiger charge is 2.21. The van der Waals surface area contributed by atoms with Crippen LogP contribution < -0.4 is 0 Å². The van der Waals surface area contributed by atoms with Crippen molar-refractivity contribution in [3.8, 4) is 34.0 Å². The molecule has 0 fully saturated rings. The van der Waals surface area contributed by atoms with Crippen molar-refractivity contribution in [2.45, 2.75) is 0 Å². The summed E-state index contributed by atoms with van der Waals surface area (Å²) in [7, 11) is 0. The first-order valence-electron chi connectivity index (χ1n) is 20.5. The summed E-state index contributed by atoms with van der Waals surface area (Å²) in [5.41, 5.74) is 11.0. The zero-order chi connectivity index (χ0) is 39.3. The SMILES string of the molecule is c1ccc2cc(-c3nc(-n4c5ccc(-c6ccc7c(c6)c6ccccc6n7-c6ccc7ccccc7c6)cc5c5ccc6ccccc6c54)nc4ccccc34)ccc2c1. The number of benzene rings is 10. The molecule has 10 aromatic carbocycles. The summed E-state index contributed by atoms with van der Waals surface area (Å²) in [5.74, 6) is 0.656. The number of rotatable bonds is 4. The number of hydrogen-bond donors (Lipinski definition) is 0. The van der Waals surface area contributed by atoms with Crippen LogP contribution in [0.1, 0.15) is 0 Å². The van der Waals surface area contributed by atoms with Crippen molar-refractivity contribution < 1.29 is 0 Å². The van der Waals surface area contributed by atoms with E-state index < -0.39 is 0 Å². The summed E-state index contributed by atoms with van der Waals surface area (Å²) < 4.78 is 4.69. The van der Waals surface area contributed by atoms with Crippen molar-refractivity contribution in [1.29, 1.82) is 0 Å². The van der Waals surface area contributed by atoms with Gasteiger partial charge in [-0.3, -0.25) is 4.57 Å². The monoisotopic (exact) mass is 762 g/mol. The highest BCUT2D eigenvalue weighted by molar-refractivity contribution is 6.19. The van der Waals surface area contributed by atoms with Gasteiger partial charge in [-0.1, -0.05) is 152 Å². The molecule has 0 atom stereocenters. The minimum Gasteiger partial charge on any atom is -0.309 e. The zero-order valence-electron chi connectivity index (χ0n) is 32.4. The molecule has 0 aliphatic heterocycles. The third-order valence-electron chi connectivity index (χ3n) is 12.5. The third kappa shape index (κ3) is 4.91. The maximum Gasteiger partial charge on any atom is 0.235 e. The van der Waals surface area contributed by atoms with Gasteiger partial charge in [0, 0.05) is 43.6 Å². The molecular weight excluding hydrogens is 729 g/mol. The molecular formula is C56H34N4. The topological polar surface area (TPSA) is 35.6 Å². The van der Waals surface area contributed by atoms with Crippen molar-refractivity contribution in [2.24, 2.45) is 0 Å². The Morgan fingerprint density at radius 3 is 1.63 bits per heavy atom. The normalized spacial score (nSPS) is 12.0. The lowest BCUT2D eigenvalue weighted by Crippen LogP contribution is -2.03. The number of fused-ring (bicyclic) bond motifs is 11. The van der Waals surface area contributed by atoms with Crippen LogP contribution in [0.5, 0.6) is 0 Å². The van der Waals surface area contributed by atoms with Crippen LogP contribution in [0.2, 0.25) is 0 Å². The first-order valence-corrected chi connectivity index (χ1v) is 20.5. The number of hydrogen-bond acceptors (Lipinski definition) is 2. The molecule has 0 N–H and O–H groups in total. The van der Waals surface area contributed by atoms with Crippen LogP contribution in [0.3, 0.4) is 0 Å². The van der Waals surface area contributed by atoms with E-state index >= 15 is 0 Å². The van der Waals surface area contributed by atoms with Gasteiger partial charge in [-0.2, -0.15) is 0 Å². The molecule has 0 amide bonds. The summed E-state index contributed by atoms with van der Waals surface area (Å²) in [6, 6.07) is 74.5. The second-order valence-electron chi connectivity index (χ2n) is 15.8. The van der Waals surface area contributed by atoms with Crippen LogP contribution in [0.25, 0.3) is 121 Å². The Bertz CT molecular complexity index is 3910. The van der Waals surface area contributed by atoms with Crippen molar-refractivity contribution >= 4 is 86.8 Å². The van der Waals surface area contributed by atoms with Crippen LogP contribution in [-0.2, 0) is 0 Å². The molecule has 278 valence electrons. The lowest BCUT2D eigenvalue weighted by molar-refractivity contribution is 1.02. The predicted molar refractivity (Wildman–Crippen MR) is 252 cm³/mol. The Hall–Kier alpha value is -8.08. The van der Waals surface area contributed by atoms with Crippen LogP contribution in [0.15, 0.2) is 206 Å². The van der Waals surface area contributed by atoms with Gasteiger partial charge >= 0.3 is 0 Å². The van der Waals surface area contributed by atoms with E-state index in [0.29, 0.717) is 5.95 Å². The third-order valence-corrected chi connectivity index (χ3v) is 12.5. The minimum absolute atomic E-state index is 0.656. The van der Waals surface area contributed by atoms with Gasteiger partial charge in [0.15, 0.2) is 0 Å². The maximum atomic E-state index is 5.46. The van der Waals surface area contributed by atoms with Crippen LogP contribution in [0, 0.1) is 0 Å². The predicted octanol–water partition coefficient (Wildman–Crippen LogP) is 14.6. The fourth-order valence-corrected chi connectivity index (χ4v) is 9.64. The fourth-order valence-electron chi connectivity index (χ4n) is 9.64. The maximum absolute atomic E-state index is 5.46. The number of aromatic nitrogens is 4. The highest BCUT2D eigenvalue weighted by Crippen LogP contribution is 2.41. The summed E-state index contributed by atoms with van der Waals surface area (Å²) in [6.45, 7) is 0. The molecule has 4 nitrogen and oxygen atoms in total. The molecule has 3 aromatic heterocycles. The quantitative estimate of drug-likeness (QED) is 0.179. The Balaban J connectivity index is 1.03. The second-order valence-corrected chi connectivity index (χ2v) is 15.8. The molecule has 0 spiro atoms. The van der Waals surface area contributed by atoms with Gasteiger partial charge in [0.05, 0.1) is 33.3 Å². The number of nitrogens with zero attached hydrogens (tertiary/aromatic N) is 4. The largest absolute Gasteiger partial charge is 0.309 e. The zero-order valence-corrected chi connectivity index (χ0v) is 32.4.